The lowest BCUT2D eigenvalue weighted by molar-refractivity contribution is -0.142. The zero-order valence-electron chi connectivity index (χ0n) is 10.6. The van der Waals surface area contributed by atoms with Gasteiger partial charge in [0.25, 0.3) is 0 Å². The van der Waals surface area contributed by atoms with Gasteiger partial charge in [-0.2, -0.15) is 0 Å². The second kappa shape index (κ2) is 7.09. The normalized spacial score (nSPS) is 15.7. The maximum atomic E-state index is 11.4. The molecule has 2 unspecified atom stereocenters. The molecule has 1 aromatic carbocycles. The fourth-order valence-electron chi connectivity index (χ4n) is 1.21. The molecule has 0 fully saturated rings. The highest BCUT2D eigenvalue weighted by atomic mass is 31.2. The number of rotatable bonds is 6. The standard InChI is InChI=1S/C12H15O6P/c1-10(11-6-4-3-5-7-11)18-12(13)8-9-17-19(14,15)16-2/h3-10H,1-2H3,(H,14,15)/b9-8-. The van der Waals surface area contributed by atoms with Gasteiger partial charge in [-0.05, 0) is 12.5 Å². The van der Waals surface area contributed by atoms with Gasteiger partial charge in [0.05, 0.1) is 6.08 Å². The van der Waals surface area contributed by atoms with Gasteiger partial charge in [-0.25, -0.2) is 9.36 Å². The highest BCUT2D eigenvalue weighted by molar-refractivity contribution is 7.47. The Bertz CT molecular complexity index is 484. The average Bonchev–Trinajstić information content (AvgIpc) is 2.39. The number of esters is 1. The van der Waals surface area contributed by atoms with E-state index in [-0.39, 0.29) is 0 Å². The van der Waals surface area contributed by atoms with E-state index in [4.69, 9.17) is 9.63 Å². The number of carbonyl (C=O) groups excluding carboxylic acids is 1. The lowest BCUT2D eigenvalue weighted by atomic mass is 10.1. The molecule has 0 saturated heterocycles. The predicted molar refractivity (Wildman–Crippen MR) is 68.0 cm³/mol. The Labute approximate surface area is 111 Å². The largest absolute Gasteiger partial charge is 0.526 e. The lowest BCUT2D eigenvalue weighted by Crippen LogP contribution is -2.06. The summed E-state index contributed by atoms with van der Waals surface area (Å²) in [7, 11) is -3.10. The van der Waals surface area contributed by atoms with E-state index in [0.717, 1.165) is 25.0 Å². The van der Waals surface area contributed by atoms with E-state index in [1.54, 1.807) is 6.92 Å². The van der Waals surface area contributed by atoms with Crippen molar-refractivity contribution in [3.05, 3.63) is 48.2 Å². The van der Waals surface area contributed by atoms with E-state index < -0.39 is 19.9 Å². The Balaban J connectivity index is 2.48. The molecule has 0 radical (unpaired) electrons. The summed E-state index contributed by atoms with van der Waals surface area (Å²) in [5.74, 6) is -0.688. The highest BCUT2D eigenvalue weighted by Crippen LogP contribution is 2.42. The fraction of sp³-hybridized carbons (Fsp3) is 0.250. The number of hydrogen-bond donors (Lipinski definition) is 1. The first-order valence-electron chi connectivity index (χ1n) is 5.43. The fourth-order valence-corrected chi connectivity index (χ4v) is 1.51. The Morgan fingerprint density at radius 1 is 1.37 bits per heavy atom. The Hall–Kier alpha value is -1.62. The van der Waals surface area contributed by atoms with Crippen LogP contribution in [-0.2, 0) is 23.1 Å². The molecule has 7 heteroatoms. The van der Waals surface area contributed by atoms with Gasteiger partial charge in [0.15, 0.2) is 0 Å². The molecular formula is C12H15O6P. The van der Waals surface area contributed by atoms with Crippen molar-refractivity contribution in [2.45, 2.75) is 13.0 Å². The van der Waals surface area contributed by atoms with E-state index in [1.165, 1.54) is 0 Å². The molecule has 6 nitrogen and oxygen atoms in total. The van der Waals surface area contributed by atoms with E-state index >= 15 is 0 Å². The van der Waals surface area contributed by atoms with E-state index in [1.807, 2.05) is 30.3 Å². The minimum atomic E-state index is -4.12. The van der Waals surface area contributed by atoms with Gasteiger partial charge < -0.3 is 9.26 Å². The summed E-state index contributed by atoms with van der Waals surface area (Å²) in [6.45, 7) is 1.72. The number of benzene rings is 1. The summed E-state index contributed by atoms with van der Waals surface area (Å²) in [6, 6.07) is 9.17. The van der Waals surface area contributed by atoms with Gasteiger partial charge in [-0.3, -0.25) is 9.42 Å². The molecule has 0 aliphatic rings. The number of phosphoric acid groups is 1. The minimum Gasteiger partial charge on any atom is -0.455 e. The Morgan fingerprint density at radius 2 is 2.00 bits per heavy atom. The third-order valence-electron chi connectivity index (χ3n) is 2.19. The monoisotopic (exact) mass is 286 g/mol. The van der Waals surface area contributed by atoms with Gasteiger partial charge in [-0.15, -0.1) is 0 Å². The van der Waals surface area contributed by atoms with Crippen LogP contribution in [0.2, 0.25) is 0 Å². The second-order valence-corrected chi connectivity index (χ2v) is 5.06. The quantitative estimate of drug-likeness (QED) is 0.374. The molecule has 2 atom stereocenters. The van der Waals surface area contributed by atoms with Crippen molar-refractivity contribution >= 4 is 13.8 Å². The second-order valence-electron chi connectivity index (χ2n) is 3.55. The molecular weight excluding hydrogens is 271 g/mol. The highest BCUT2D eigenvalue weighted by Gasteiger charge is 2.17. The van der Waals surface area contributed by atoms with Gasteiger partial charge in [0, 0.05) is 7.11 Å². The first-order chi connectivity index (χ1) is 8.94. The topological polar surface area (TPSA) is 82.1 Å². The maximum Gasteiger partial charge on any atom is 0.526 e. The summed E-state index contributed by atoms with van der Waals surface area (Å²) in [5.41, 5.74) is 0.842. The van der Waals surface area contributed by atoms with Crippen LogP contribution >= 0.6 is 7.82 Å². The van der Waals surface area contributed by atoms with Gasteiger partial charge in [0.1, 0.15) is 12.4 Å². The summed E-state index contributed by atoms with van der Waals surface area (Å²) >= 11 is 0. The van der Waals surface area contributed by atoms with Crippen LogP contribution in [0.4, 0.5) is 0 Å². The van der Waals surface area contributed by atoms with E-state index in [0.29, 0.717) is 0 Å². The van der Waals surface area contributed by atoms with Crippen LogP contribution < -0.4 is 0 Å². The molecule has 1 aromatic rings. The van der Waals surface area contributed by atoms with Crippen LogP contribution in [0.5, 0.6) is 0 Å². The molecule has 0 aliphatic heterocycles. The van der Waals surface area contributed by atoms with Crippen LogP contribution in [0.15, 0.2) is 42.7 Å². The maximum absolute atomic E-state index is 11.4. The van der Waals surface area contributed by atoms with Crippen LogP contribution in [0.3, 0.4) is 0 Å². The number of carbonyl (C=O) groups is 1. The molecule has 104 valence electrons. The molecule has 0 aliphatic carbocycles. The molecule has 0 saturated carbocycles. The van der Waals surface area contributed by atoms with Gasteiger partial charge in [-0.1, -0.05) is 30.3 Å². The Kier molecular flexibility index (Phi) is 5.76. The average molecular weight is 286 g/mol. The number of ether oxygens (including phenoxy) is 1. The molecule has 19 heavy (non-hydrogen) atoms. The van der Waals surface area contributed by atoms with E-state index in [2.05, 4.69) is 9.05 Å². The molecule has 0 amide bonds. The summed E-state index contributed by atoms with van der Waals surface area (Å²) < 4.78 is 24.5. The molecule has 1 rings (SSSR count). The zero-order chi connectivity index (χ0) is 14.3. The summed E-state index contributed by atoms with van der Waals surface area (Å²) in [4.78, 5) is 20.3. The van der Waals surface area contributed by atoms with Crippen molar-refractivity contribution < 1.29 is 28.0 Å². The first kappa shape index (κ1) is 15.4. The summed E-state index contributed by atoms with van der Waals surface area (Å²) in [5, 5.41) is 0. The lowest BCUT2D eigenvalue weighted by Gasteiger charge is -2.11. The van der Waals surface area contributed by atoms with Gasteiger partial charge >= 0.3 is 13.8 Å². The van der Waals surface area contributed by atoms with Crippen molar-refractivity contribution in [2.75, 3.05) is 7.11 Å². The smallest absolute Gasteiger partial charge is 0.455 e. The SMILES string of the molecule is COP(=O)(O)O/C=C\C(=O)OC(C)c1ccccc1. The van der Waals surface area contributed by atoms with Crippen molar-refractivity contribution in [1.29, 1.82) is 0 Å². The minimum absolute atomic E-state index is 0.429. The molecule has 0 bridgehead atoms. The van der Waals surface area contributed by atoms with Crippen molar-refractivity contribution in [1.82, 2.24) is 0 Å². The predicted octanol–water partition coefficient (Wildman–Crippen LogP) is 2.57. The van der Waals surface area contributed by atoms with Crippen LogP contribution in [-0.4, -0.2) is 18.0 Å². The van der Waals surface area contributed by atoms with E-state index in [9.17, 15) is 9.36 Å². The number of hydrogen-bond acceptors (Lipinski definition) is 5. The molecule has 1 N–H and O–H groups in total. The van der Waals surface area contributed by atoms with Gasteiger partial charge in [0.2, 0.25) is 0 Å². The Morgan fingerprint density at radius 3 is 2.58 bits per heavy atom. The number of phosphoric ester groups is 1. The van der Waals surface area contributed by atoms with Crippen molar-refractivity contribution in [3.63, 3.8) is 0 Å². The van der Waals surface area contributed by atoms with Crippen LogP contribution in [0, 0.1) is 0 Å². The van der Waals surface area contributed by atoms with Crippen LogP contribution in [0.1, 0.15) is 18.6 Å². The summed E-state index contributed by atoms with van der Waals surface area (Å²) in [6.07, 6.45) is 1.24. The molecule has 0 aromatic heterocycles. The third kappa shape index (κ3) is 5.70. The molecule has 0 spiro atoms. The van der Waals surface area contributed by atoms with Crippen molar-refractivity contribution in [3.8, 4) is 0 Å². The zero-order valence-corrected chi connectivity index (χ0v) is 11.4. The van der Waals surface area contributed by atoms with Crippen molar-refractivity contribution in [2.24, 2.45) is 0 Å². The first-order valence-corrected chi connectivity index (χ1v) is 6.93. The van der Waals surface area contributed by atoms with Crippen LogP contribution in [0.25, 0.3) is 0 Å². The third-order valence-corrected chi connectivity index (χ3v) is 3.04. The molecule has 0 heterocycles.